The third-order valence-electron chi connectivity index (χ3n) is 3.77. The van der Waals surface area contributed by atoms with Gasteiger partial charge in [-0.2, -0.15) is 13.2 Å². The zero-order valence-corrected chi connectivity index (χ0v) is 13.1. The Kier molecular flexibility index (Phi) is 4.45. The Labute approximate surface area is 144 Å². The highest BCUT2D eigenvalue weighted by atomic mass is 19.4. The number of imidazole rings is 1. The van der Waals surface area contributed by atoms with E-state index >= 15 is 0 Å². The van der Waals surface area contributed by atoms with Crippen LogP contribution in [-0.4, -0.2) is 14.5 Å². The average Bonchev–Trinajstić information content (AvgIpc) is 3.00. The lowest BCUT2D eigenvalue weighted by atomic mass is 10.1. The van der Waals surface area contributed by atoms with E-state index in [1.807, 2.05) is 0 Å². The fourth-order valence-corrected chi connectivity index (χ4v) is 2.58. The average molecular weight is 365 g/mol. The Balaban J connectivity index is 2.14. The van der Waals surface area contributed by atoms with Gasteiger partial charge in [-0.25, -0.2) is 9.37 Å². The molecule has 0 amide bonds. The van der Waals surface area contributed by atoms with Crippen molar-refractivity contribution in [3.8, 4) is 11.4 Å². The van der Waals surface area contributed by atoms with Crippen LogP contribution in [0.3, 0.4) is 0 Å². The van der Waals surface area contributed by atoms with Crippen LogP contribution < -0.4 is 0 Å². The van der Waals surface area contributed by atoms with Crippen LogP contribution in [0, 0.1) is 15.9 Å². The van der Waals surface area contributed by atoms with Crippen molar-refractivity contribution in [2.24, 2.45) is 0 Å². The number of benzene rings is 2. The van der Waals surface area contributed by atoms with E-state index in [-0.39, 0.29) is 22.6 Å². The van der Waals surface area contributed by atoms with E-state index in [4.69, 9.17) is 0 Å². The summed E-state index contributed by atoms with van der Waals surface area (Å²) in [6.07, 6.45) is -4.04. The minimum atomic E-state index is -4.70. The molecular formula is C17H11F4N3O2. The Morgan fingerprint density at radius 3 is 2.35 bits per heavy atom. The Morgan fingerprint density at radius 2 is 1.73 bits per heavy atom. The Hall–Kier alpha value is -3.23. The van der Waals surface area contributed by atoms with Crippen molar-refractivity contribution in [3.63, 3.8) is 0 Å². The molecule has 0 bridgehead atoms. The van der Waals surface area contributed by atoms with Crippen molar-refractivity contribution in [2.45, 2.75) is 12.7 Å². The summed E-state index contributed by atoms with van der Waals surface area (Å²) in [7, 11) is 0. The maximum atomic E-state index is 13.3. The largest absolute Gasteiger partial charge is 0.433 e. The molecule has 0 unspecified atom stereocenters. The number of hydrogen-bond donors (Lipinski definition) is 0. The molecule has 0 saturated carbocycles. The van der Waals surface area contributed by atoms with Crippen molar-refractivity contribution in [1.82, 2.24) is 9.55 Å². The summed E-state index contributed by atoms with van der Waals surface area (Å²) in [4.78, 5) is 14.3. The highest BCUT2D eigenvalue weighted by Gasteiger charge is 2.36. The number of nitro groups is 1. The minimum Gasteiger partial charge on any atom is -0.316 e. The lowest BCUT2D eigenvalue weighted by Gasteiger charge is -2.14. The molecule has 1 aromatic heterocycles. The maximum absolute atomic E-state index is 13.3. The zero-order valence-electron chi connectivity index (χ0n) is 13.1. The Morgan fingerprint density at radius 1 is 1.08 bits per heavy atom. The molecule has 0 aliphatic carbocycles. The number of nitrogens with zero attached hydrogens (tertiary/aromatic N) is 3. The van der Waals surface area contributed by atoms with Crippen LogP contribution in [0.4, 0.5) is 23.2 Å². The van der Waals surface area contributed by atoms with Crippen molar-refractivity contribution >= 4 is 5.69 Å². The summed E-state index contributed by atoms with van der Waals surface area (Å²) in [6.45, 7) is -0.404. The van der Waals surface area contributed by atoms with Crippen LogP contribution >= 0.6 is 0 Å². The van der Waals surface area contributed by atoms with Gasteiger partial charge in [0.05, 0.1) is 17.7 Å². The standard InChI is InChI=1S/C17H11F4N3O2/c18-13-7-5-11(6-8-13)16-22-9-15(17(19,20)21)23(16)10-12-3-1-2-4-14(12)24(25)26/h1-9H,10H2. The zero-order chi connectivity index (χ0) is 18.9. The van der Waals surface area contributed by atoms with E-state index in [1.165, 1.54) is 36.4 Å². The molecule has 26 heavy (non-hydrogen) atoms. The number of aromatic nitrogens is 2. The topological polar surface area (TPSA) is 61.0 Å². The van der Waals surface area contributed by atoms with E-state index in [0.717, 1.165) is 16.7 Å². The second kappa shape index (κ2) is 6.58. The minimum absolute atomic E-state index is 0.0597. The van der Waals surface area contributed by atoms with E-state index < -0.39 is 29.2 Å². The molecule has 134 valence electrons. The van der Waals surface area contributed by atoms with E-state index in [9.17, 15) is 27.7 Å². The lowest BCUT2D eigenvalue weighted by molar-refractivity contribution is -0.385. The number of para-hydroxylation sites is 1. The second-order valence-corrected chi connectivity index (χ2v) is 5.44. The molecule has 0 fully saturated rings. The van der Waals surface area contributed by atoms with Gasteiger partial charge in [0.15, 0.2) is 0 Å². The number of alkyl halides is 3. The monoisotopic (exact) mass is 365 g/mol. The molecule has 5 nitrogen and oxygen atoms in total. The fraction of sp³-hybridized carbons (Fsp3) is 0.118. The molecule has 2 aromatic carbocycles. The van der Waals surface area contributed by atoms with Crippen LogP contribution in [0.25, 0.3) is 11.4 Å². The summed E-state index contributed by atoms with van der Waals surface area (Å²) in [5.41, 5.74) is -0.973. The number of nitro benzene ring substituents is 1. The van der Waals surface area contributed by atoms with Crippen molar-refractivity contribution in [3.05, 3.63) is 81.9 Å². The van der Waals surface area contributed by atoms with Crippen LogP contribution in [0.15, 0.2) is 54.7 Å². The molecular weight excluding hydrogens is 354 g/mol. The molecule has 0 spiro atoms. The van der Waals surface area contributed by atoms with Crippen molar-refractivity contribution in [1.29, 1.82) is 0 Å². The van der Waals surface area contributed by atoms with Gasteiger partial charge in [-0.15, -0.1) is 0 Å². The highest BCUT2D eigenvalue weighted by Crippen LogP contribution is 2.34. The van der Waals surface area contributed by atoms with Gasteiger partial charge in [-0.1, -0.05) is 18.2 Å². The molecule has 0 aliphatic heterocycles. The fourth-order valence-electron chi connectivity index (χ4n) is 2.58. The second-order valence-electron chi connectivity index (χ2n) is 5.44. The van der Waals surface area contributed by atoms with Crippen LogP contribution in [0.5, 0.6) is 0 Å². The first-order valence-corrected chi connectivity index (χ1v) is 7.38. The Bertz CT molecular complexity index is 949. The van der Waals surface area contributed by atoms with Crippen molar-refractivity contribution < 1.29 is 22.5 Å². The van der Waals surface area contributed by atoms with Gasteiger partial charge in [0.1, 0.15) is 17.3 Å². The van der Waals surface area contributed by atoms with Gasteiger partial charge in [0.2, 0.25) is 0 Å². The molecule has 0 aliphatic rings. The van der Waals surface area contributed by atoms with Crippen LogP contribution in [0.1, 0.15) is 11.3 Å². The molecule has 9 heteroatoms. The molecule has 0 atom stereocenters. The van der Waals surface area contributed by atoms with Crippen LogP contribution in [0.2, 0.25) is 0 Å². The maximum Gasteiger partial charge on any atom is 0.433 e. The summed E-state index contributed by atoms with van der Waals surface area (Å²) >= 11 is 0. The molecule has 0 radical (unpaired) electrons. The summed E-state index contributed by atoms with van der Waals surface area (Å²) in [5.74, 6) is -0.600. The van der Waals surface area contributed by atoms with Crippen LogP contribution in [-0.2, 0) is 12.7 Å². The molecule has 3 aromatic rings. The molecule has 3 rings (SSSR count). The molecule has 1 heterocycles. The summed E-state index contributed by atoms with van der Waals surface area (Å²) in [5, 5.41) is 11.1. The van der Waals surface area contributed by atoms with Gasteiger partial charge in [-0.3, -0.25) is 10.1 Å². The predicted octanol–water partition coefficient (Wildman–Crippen LogP) is 4.66. The summed E-state index contributed by atoms with van der Waals surface area (Å²) < 4.78 is 54.0. The van der Waals surface area contributed by atoms with E-state index in [1.54, 1.807) is 0 Å². The molecule has 0 saturated heterocycles. The van der Waals surface area contributed by atoms with Crippen molar-refractivity contribution in [2.75, 3.05) is 0 Å². The first-order chi connectivity index (χ1) is 12.3. The third kappa shape index (κ3) is 3.41. The van der Waals surface area contributed by atoms with Gasteiger partial charge in [-0.05, 0) is 24.3 Å². The summed E-state index contributed by atoms with van der Waals surface area (Å²) in [6, 6.07) is 10.3. The highest BCUT2D eigenvalue weighted by molar-refractivity contribution is 5.57. The van der Waals surface area contributed by atoms with Gasteiger partial charge >= 0.3 is 6.18 Å². The van der Waals surface area contributed by atoms with Gasteiger partial charge in [0.25, 0.3) is 5.69 Å². The number of halogens is 4. The predicted molar refractivity (Wildman–Crippen MR) is 84.8 cm³/mol. The van der Waals surface area contributed by atoms with E-state index in [0.29, 0.717) is 6.20 Å². The van der Waals surface area contributed by atoms with Gasteiger partial charge in [0, 0.05) is 17.2 Å². The SMILES string of the molecule is O=[N+]([O-])c1ccccc1Cn1c(C(F)(F)F)cnc1-c1ccc(F)cc1. The molecule has 0 N–H and O–H groups in total. The van der Waals surface area contributed by atoms with E-state index in [2.05, 4.69) is 4.98 Å². The quantitative estimate of drug-likeness (QED) is 0.384. The number of rotatable bonds is 4. The normalized spacial score (nSPS) is 11.5. The van der Waals surface area contributed by atoms with Gasteiger partial charge < -0.3 is 4.57 Å². The lowest BCUT2D eigenvalue weighted by Crippen LogP contribution is -2.15. The first kappa shape index (κ1) is 17.6. The smallest absolute Gasteiger partial charge is 0.316 e. The first-order valence-electron chi connectivity index (χ1n) is 7.38. The third-order valence-corrected chi connectivity index (χ3v) is 3.77. The number of hydrogen-bond acceptors (Lipinski definition) is 3.